The Morgan fingerprint density at radius 3 is 2.08 bits per heavy atom. The van der Waals surface area contributed by atoms with Crippen LogP contribution in [0.4, 0.5) is 0 Å². The molecule has 4 nitrogen and oxygen atoms in total. The zero-order valence-corrected chi connectivity index (χ0v) is 7.75. The minimum Gasteiger partial charge on any atom is -0.318 e. The van der Waals surface area contributed by atoms with E-state index in [4.69, 9.17) is 0 Å². The second-order valence-corrected chi connectivity index (χ2v) is 2.78. The molecule has 0 amide bonds. The molecule has 0 bridgehead atoms. The molecule has 0 aromatic heterocycles. The molecule has 0 saturated heterocycles. The van der Waals surface area contributed by atoms with Gasteiger partial charge in [-0.3, -0.25) is 4.79 Å². The van der Waals surface area contributed by atoms with Crippen molar-refractivity contribution in [3.05, 3.63) is 0 Å². The first-order valence-electron chi connectivity index (χ1n) is 3.71. The third-order valence-electron chi connectivity index (χ3n) is 1.19. The predicted molar refractivity (Wildman–Crippen MR) is 44.7 cm³/mol. The molecule has 0 rings (SSSR count). The average Bonchev–Trinajstić information content (AvgIpc) is 1.98. The lowest BCUT2D eigenvalue weighted by molar-refractivity contribution is -0.140. The molecule has 0 heterocycles. The topological polar surface area (TPSA) is 55.7 Å². The molecule has 68 valence electrons. The van der Waals surface area contributed by atoms with E-state index in [9.17, 15) is 9.59 Å². The molecule has 0 aromatic rings. The Balaban J connectivity index is 4.18. The smallest absolute Gasteiger partial charge is 0.318 e. The molecule has 0 atom stereocenters. The van der Waals surface area contributed by atoms with Crippen molar-refractivity contribution >= 4 is 17.5 Å². The maximum absolute atomic E-state index is 11.1. The Labute approximate surface area is 71.6 Å². The number of hydrogen-bond donors (Lipinski definition) is 0. The first kappa shape index (κ1) is 10.8. The minimum absolute atomic E-state index is 0.115. The highest BCUT2D eigenvalue weighted by Crippen LogP contribution is 1.96. The third-order valence-corrected chi connectivity index (χ3v) is 1.19. The van der Waals surface area contributed by atoms with Gasteiger partial charge in [-0.25, -0.2) is 4.79 Å². The summed E-state index contributed by atoms with van der Waals surface area (Å²) in [6, 6.07) is 0. The van der Waals surface area contributed by atoms with Gasteiger partial charge in [0.2, 0.25) is 0 Å². The lowest BCUT2D eigenvalue weighted by atomic mass is 10.1. The summed E-state index contributed by atoms with van der Waals surface area (Å²) in [4.78, 5) is 25.7. The summed E-state index contributed by atoms with van der Waals surface area (Å²) in [5.74, 6) is -0.758. The van der Waals surface area contributed by atoms with Gasteiger partial charge in [0.15, 0.2) is 5.78 Å². The van der Waals surface area contributed by atoms with Gasteiger partial charge < -0.3 is 4.84 Å². The van der Waals surface area contributed by atoms with Crippen molar-refractivity contribution in [1.29, 1.82) is 0 Å². The molecule has 0 aliphatic rings. The zero-order chi connectivity index (χ0) is 9.72. The Bertz CT molecular complexity index is 218. The van der Waals surface area contributed by atoms with Crippen molar-refractivity contribution in [2.45, 2.75) is 27.7 Å². The molecular formula is C8H13NO3. The fraction of sp³-hybridized carbons (Fsp3) is 0.625. The van der Waals surface area contributed by atoms with Crippen LogP contribution in [0.3, 0.4) is 0 Å². The molecule has 0 aliphatic carbocycles. The van der Waals surface area contributed by atoms with Gasteiger partial charge in [0.1, 0.15) is 5.71 Å². The molecule has 0 radical (unpaired) electrons. The fourth-order valence-corrected chi connectivity index (χ4v) is 0.596. The molecule has 0 N–H and O–H groups in total. The number of Topliss-reactive ketones (excluding diaryl/α,β-unsaturated/α-hetero) is 1. The normalized spacial score (nSPS) is 11.6. The SMILES string of the molecule is CC(=O)O/N=C(\C)C(=O)C(C)C. The van der Waals surface area contributed by atoms with Gasteiger partial charge in [-0.1, -0.05) is 19.0 Å². The molecule has 0 aromatic carbocycles. The highest BCUT2D eigenvalue weighted by molar-refractivity contribution is 6.39. The summed E-state index contributed by atoms with van der Waals surface area (Å²) in [6.45, 7) is 6.27. The maximum Gasteiger partial charge on any atom is 0.331 e. The van der Waals surface area contributed by atoms with Crippen molar-refractivity contribution in [2.24, 2.45) is 11.1 Å². The van der Waals surface area contributed by atoms with Crippen LogP contribution < -0.4 is 0 Å². The van der Waals surface area contributed by atoms with Crippen LogP contribution in [0.2, 0.25) is 0 Å². The molecule has 4 heteroatoms. The second-order valence-electron chi connectivity index (χ2n) is 2.78. The van der Waals surface area contributed by atoms with E-state index in [-0.39, 0.29) is 17.4 Å². The van der Waals surface area contributed by atoms with Crippen molar-refractivity contribution in [1.82, 2.24) is 0 Å². The van der Waals surface area contributed by atoms with Gasteiger partial charge in [-0.05, 0) is 6.92 Å². The van der Waals surface area contributed by atoms with Crippen molar-refractivity contribution in [2.75, 3.05) is 0 Å². The highest BCUT2D eigenvalue weighted by Gasteiger charge is 2.11. The second kappa shape index (κ2) is 4.64. The van der Waals surface area contributed by atoms with Gasteiger partial charge >= 0.3 is 5.97 Å². The summed E-state index contributed by atoms with van der Waals surface area (Å²) in [7, 11) is 0. The van der Waals surface area contributed by atoms with Crippen LogP contribution in [-0.2, 0) is 14.4 Å². The van der Waals surface area contributed by atoms with E-state index >= 15 is 0 Å². The predicted octanol–water partition coefficient (Wildman–Crippen LogP) is 1.15. The zero-order valence-electron chi connectivity index (χ0n) is 7.75. The van der Waals surface area contributed by atoms with E-state index in [0.717, 1.165) is 0 Å². The van der Waals surface area contributed by atoms with Crippen LogP contribution in [0, 0.1) is 5.92 Å². The maximum atomic E-state index is 11.1. The van der Waals surface area contributed by atoms with Crippen LogP contribution in [0.25, 0.3) is 0 Å². The number of hydrogen-bond acceptors (Lipinski definition) is 4. The van der Waals surface area contributed by atoms with E-state index in [2.05, 4.69) is 9.99 Å². The van der Waals surface area contributed by atoms with Gasteiger partial charge in [0.05, 0.1) is 0 Å². The van der Waals surface area contributed by atoms with Crippen LogP contribution in [0.5, 0.6) is 0 Å². The lowest BCUT2D eigenvalue weighted by Crippen LogP contribution is -2.17. The van der Waals surface area contributed by atoms with E-state index in [0.29, 0.717) is 0 Å². The van der Waals surface area contributed by atoms with Gasteiger partial charge in [0, 0.05) is 12.8 Å². The van der Waals surface area contributed by atoms with Crippen molar-refractivity contribution in [3.63, 3.8) is 0 Å². The van der Waals surface area contributed by atoms with Crippen LogP contribution >= 0.6 is 0 Å². The number of carbonyl (C=O) groups excluding carboxylic acids is 2. The molecule has 0 fully saturated rings. The van der Waals surface area contributed by atoms with Crippen LogP contribution in [0.1, 0.15) is 27.7 Å². The number of oxime groups is 1. The van der Waals surface area contributed by atoms with Gasteiger partial charge in [-0.15, -0.1) is 0 Å². The summed E-state index contributed by atoms with van der Waals surface area (Å²) >= 11 is 0. The first-order chi connectivity index (χ1) is 5.45. The quantitative estimate of drug-likeness (QED) is 0.363. The lowest BCUT2D eigenvalue weighted by Gasteiger charge is -2.01. The standard InChI is InChI=1S/C8H13NO3/c1-5(2)8(11)6(3)9-12-7(4)10/h5H,1-4H3/b9-6+. The number of rotatable bonds is 3. The average molecular weight is 171 g/mol. The molecule has 0 aliphatic heterocycles. The molecule has 12 heavy (non-hydrogen) atoms. The largest absolute Gasteiger partial charge is 0.331 e. The molecule has 0 spiro atoms. The summed E-state index contributed by atoms with van der Waals surface area (Å²) in [5, 5.41) is 3.36. The first-order valence-corrected chi connectivity index (χ1v) is 3.71. The third kappa shape index (κ3) is 3.85. The summed E-state index contributed by atoms with van der Waals surface area (Å²) in [6.07, 6.45) is 0. The molecular weight excluding hydrogens is 158 g/mol. The minimum atomic E-state index is -0.522. The monoisotopic (exact) mass is 171 g/mol. The Morgan fingerprint density at radius 2 is 1.75 bits per heavy atom. The number of nitrogens with zero attached hydrogens (tertiary/aromatic N) is 1. The van der Waals surface area contributed by atoms with E-state index in [1.165, 1.54) is 13.8 Å². The highest BCUT2D eigenvalue weighted by atomic mass is 16.7. The van der Waals surface area contributed by atoms with Gasteiger partial charge in [-0.2, -0.15) is 0 Å². The number of carbonyl (C=O) groups is 2. The van der Waals surface area contributed by atoms with Crippen molar-refractivity contribution in [3.8, 4) is 0 Å². The van der Waals surface area contributed by atoms with E-state index in [1.807, 2.05) is 0 Å². The van der Waals surface area contributed by atoms with E-state index < -0.39 is 5.97 Å². The van der Waals surface area contributed by atoms with Crippen molar-refractivity contribution < 1.29 is 14.4 Å². The van der Waals surface area contributed by atoms with Crippen LogP contribution in [0.15, 0.2) is 5.16 Å². The Hall–Kier alpha value is -1.19. The van der Waals surface area contributed by atoms with E-state index in [1.54, 1.807) is 13.8 Å². The Morgan fingerprint density at radius 1 is 1.25 bits per heavy atom. The summed E-state index contributed by atoms with van der Waals surface area (Å²) in [5.41, 5.74) is 0.222. The fourth-order valence-electron chi connectivity index (χ4n) is 0.596. The molecule has 0 unspecified atom stereocenters. The number of ketones is 1. The molecule has 0 saturated carbocycles. The Kier molecular flexibility index (Phi) is 4.18. The van der Waals surface area contributed by atoms with Gasteiger partial charge in [0.25, 0.3) is 0 Å². The van der Waals surface area contributed by atoms with Crippen LogP contribution in [-0.4, -0.2) is 17.5 Å². The summed E-state index contributed by atoms with van der Waals surface area (Å²) < 4.78 is 0.